The van der Waals surface area contributed by atoms with Crippen LogP contribution in [0.1, 0.15) is 25.0 Å². The molecule has 0 fully saturated rings. The van der Waals surface area contributed by atoms with E-state index in [9.17, 15) is 9.59 Å². The molecule has 0 amide bonds. The Hall–Kier alpha value is -2.62. The van der Waals surface area contributed by atoms with Gasteiger partial charge in [-0.1, -0.05) is 24.3 Å². The number of carbonyl (C=O) groups is 2. The first-order valence-corrected chi connectivity index (χ1v) is 7.37. The Labute approximate surface area is 136 Å². The standard InChI is InChI=1S/C19H20O4/c1-13-7-5-9-15(11-13)22-17(20)19(3,4)18(21)23-16-10-6-8-14(2)12-16/h5-12H,1-4H3. The highest BCUT2D eigenvalue weighted by molar-refractivity contribution is 6.00. The molecule has 0 saturated carbocycles. The van der Waals surface area contributed by atoms with Crippen molar-refractivity contribution in [3.63, 3.8) is 0 Å². The van der Waals surface area contributed by atoms with E-state index in [0.717, 1.165) is 11.1 Å². The Morgan fingerprint density at radius 1 is 0.783 bits per heavy atom. The molecule has 0 bridgehead atoms. The summed E-state index contributed by atoms with van der Waals surface area (Å²) in [7, 11) is 0. The lowest BCUT2D eigenvalue weighted by atomic mass is 9.94. The topological polar surface area (TPSA) is 52.6 Å². The molecule has 0 aliphatic heterocycles. The fourth-order valence-electron chi connectivity index (χ4n) is 1.91. The highest BCUT2D eigenvalue weighted by atomic mass is 16.6. The lowest BCUT2D eigenvalue weighted by Crippen LogP contribution is -2.39. The van der Waals surface area contributed by atoms with E-state index in [1.807, 2.05) is 26.0 Å². The van der Waals surface area contributed by atoms with E-state index in [4.69, 9.17) is 9.47 Å². The Morgan fingerprint density at radius 3 is 1.52 bits per heavy atom. The smallest absolute Gasteiger partial charge is 0.328 e. The number of rotatable bonds is 4. The molecule has 4 nitrogen and oxygen atoms in total. The summed E-state index contributed by atoms with van der Waals surface area (Å²) in [5.74, 6) is -0.487. The van der Waals surface area contributed by atoms with Crippen LogP contribution in [0.2, 0.25) is 0 Å². The van der Waals surface area contributed by atoms with Gasteiger partial charge in [0.15, 0.2) is 5.41 Å². The largest absolute Gasteiger partial charge is 0.426 e. The highest BCUT2D eigenvalue weighted by Gasteiger charge is 2.40. The van der Waals surface area contributed by atoms with Crippen molar-refractivity contribution >= 4 is 11.9 Å². The molecule has 2 aromatic rings. The van der Waals surface area contributed by atoms with Crippen LogP contribution in [0.5, 0.6) is 11.5 Å². The zero-order valence-electron chi connectivity index (χ0n) is 13.8. The molecule has 0 heterocycles. The first-order chi connectivity index (χ1) is 10.8. The van der Waals surface area contributed by atoms with E-state index >= 15 is 0 Å². The second-order valence-corrected chi connectivity index (χ2v) is 6.04. The molecule has 4 heteroatoms. The van der Waals surface area contributed by atoms with Crippen LogP contribution in [-0.4, -0.2) is 11.9 Å². The lowest BCUT2D eigenvalue weighted by molar-refractivity contribution is -0.158. The second kappa shape index (κ2) is 6.65. The minimum atomic E-state index is -1.41. The zero-order chi connectivity index (χ0) is 17.0. The van der Waals surface area contributed by atoms with Gasteiger partial charge in [-0.15, -0.1) is 0 Å². The third-order valence-electron chi connectivity index (χ3n) is 3.42. The van der Waals surface area contributed by atoms with E-state index in [1.165, 1.54) is 13.8 Å². The first-order valence-electron chi connectivity index (χ1n) is 7.37. The fourth-order valence-corrected chi connectivity index (χ4v) is 1.91. The van der Waals surface area contributed by atoms with Crippen LogP contribution in [-0.2, 0) is 9.59 Å². The second-order valence-electron chi connectivity index (χ2n) is 6.04. The molecule has 2 rings (SSSR count). The highest BCUT2D eigenvalue weighted by Crippen LogP contribution is 2.24. The Morgan fingerprint density at radius 2 is 1.17 bits per heavy atom. The van der Waals surface area contributed by atoms with Gasteiger partial charge < -0.3 is 9.47 Å². The van der Waals surface area contributed by atoms with Crippen molar-refractivity contribution in [3.8, 4) is 11.5 Å². The maximum absolute atomic E-state index is 12.3. The number of esters is 2. The average molecular weight is 312 g/mol. The van der Waals surface area contributed by atoms with Crippen LogP contribution in [0, 0.1) is 19.3 Å². The van der Waals surface area contributed by atoms with Crippen molar-refractivity contribution < 1.29 is 19.1 Å². The predicted molar refractivity (Wildman–Crippen MR) is 87.4 cm³/mol. The van der Waals surface area contributed by atoms with Crippen molar-refractivity contribution in [2.45, 2.75) is 27.7 Å². The van der Waals surface area contributed by atoms with E-state index in [0.29, 0.717) is 11.5 Å². The van der Waals surface area contributed by atoms with Crippen LogP contribution in [0.25, 0.3) is 0 Å². The van der Waals surface area contributed by atoms with Crippen molar-refractivity contribution in [1.29, 1.82) is 0 Å². The first kappa shape index (κ1) is 16.7. The molecule has 0 unspecified atom stereocenters. The van der Waals surface area contributed by atoms with Crippen LogP contribution in [0.3, 0.4) is 0 Å². The van der Waals surface area contributed by atoms with Gasteiger partial charge in [0.2, 0.25) is 0 Å². The van der Waals surface area contributed by atoms with Gasteiger partial charge in [-0.25, -0.2) is 0 Å². The van der Waals surface area contributed by atoms with E-state index in [1.54, 1.807) is 36.4 Å². The number of hydrogen-bond acceptors (Lipinski definition) is 4. The summed E-state index contributed by atoms with van der Waals surface area (Å²) >= 11 is 0. The third kappa shape index (κ3) is 4.19. The average Bonchev–Trinajstić information content (AvgIpc) is 2.47. The normalized spacial score (nSPS) is 11.0. The summed E-state index contributed by atoms with van der Waals surface area (Å²) < 4.78 is 10.6. The number of ether oxygens (including phenoxy) is 2. The Kier molecular flexibility index (Phi) is 4.84. The van der Waals surface area contributed by atoms with Gasteiger partial charge in [0, 0.05) is 0 Å². The minimum absolute atomic E-state index is 0.409. The summed E-state index contributed by atoms with van der Waals surface area (Å²) in [5, 5.41) is 0. The fraction of sp³-hybridized carbons (Fsp3) is 0.263. The van der Waals surface area contributed by atoms with Crippen molar-refractivity contribution in [2.24, 2.45) is 5.41 Å². The maximum Gasteiger partial charge on any atom is 0.328 e. The number of hydrogen-bond donors (Lipinski definition) is 0. The molecule has 0 radical (unpaired) electrons. The van der Waals surface area contributed by atoms with E-state index in [-0.39, 0.29) is 0 Å². The molecular formula is C19H20O4. The Bertz CT molecular complexity index is 670. The molecule has 0 saturated heterocycles. The summed E-state index contributed by atoms with van der Waals surface area (Å²) in [6.07, 6.45) is 0. The van der Waals surface area contributed by atoms with Gasteiger partial charge in [-0.3, -0.25) is 9.59 Å². The Balaban J connectivity index is 2.09. The monoisotopic (exact) mass is 312 g/mol. The number of aryl methyl sites for hydroxylation is 2. The molecule has 0 spiro atoms. The molecule has 0 aromatic heterocycles. The van der Waals surface area contributed by atoms with Crippen LogP contribution in [0.15, 0.2) is 48.5 Å². The minimum Gasteiger partial charge on any atom is -0.426 e. The van der Waals surface area contributed by atoms with Crippen molar-refractivity contribution in [1.82, 2.24) is 0 Å². The SMILES string of the molecule is Cc1cccc(OC(=O)C(C)(C)C(=O)Oc2cccc(C)c2)c1. The lowest BCUT2D eigenvalue weighted by Gasteiger charge is -2.20. The number of carbonyl (C=O) groups excluding carboxylic acids is 2. The molecule has 0 N–H and O–H groups in total. The summed E-state index contributed by atoms with van der Waals surface area (Å²) in [5.41, 5.74) is 0.527. The van der Waals surface area contributed by atoms with Gasteiger partial charge in [0.25, 0.3) is 0 Å². The molecule has 23 heavy (non-hydrogen) atoms. The van der Waals surface area contributed by atoms with E-state index < -0.39 is 17.4 Å². The van der Waals surface area contributed by atoms with Gasteiger partial charge in [0.1, 0.15) is 11.5 Å². The summed E-state index contributed by atoms with van der Waals surface area (Å²) in [6, 6.07) is 14.2. The molecule has 0 atom stereocenters. The zero-order valence-corrected chi connectivity index (χ0v) is 13.8. The predicted octanol–water partition coefficient (Wildman–Crippen LogP) is 3.84. The van der Waals surface area contributed by atoms with E-state index in [2.05, 4.69) is 0 Å². The van der Waals surface area contributed by atoms with Gasteiger partial charge in [-0.05, 0) is 63.1 Å². The third-order valence-corrected chi connectivity index (χ3v) is 3.42. The van der Waals surface area contributed by atoms with Crippen LogP contribution >= 0.6 is 0 Å². The van der Waals surface area contributed by atoms with Gasteiger partial charge in [-0.2, -0.15) is 0 Å². The number of benzene rings is 2. The molecule has 0 aliphatic carbocycles. The summed E-state index contributed by atoms with van der Waals surface area (Å²) in [6.45, 7) is 6.77. The van der Waals surface area contributed by atoms with Gasteiger partial charge in [0.05, 0.1) is 0 Å². The molecule has 2 aromatic carbocycles. The molecule has 0 aliphatic rings. The maximum atomic E-state index is 12.3. The quantitative estimate of drug-likeness (QED) is 0.489. The van der Waals surface area contributed by atoms with Gasteiger partial charge >= 0.3 is 11.9 Å². The van der Waals surface area contributed by atoms with Crippen molar-refractivity contribution in [2.75, 3.05) is 0 Å². The van der Waals surface area contributed by atoms with Crippen LogP contribution < -0.4 is 9.47 Å². The molecule has 120 valence electrons. The molecular weight excluding hydrogens is 292 g/mol. The summed E-state index contributed by atoms with van der Waals surface area (Å²) in [4.78, 5) is 24.6. The van der Waals surface area contributed by atoms with Crippen LogP contribution in [0.4, 0.5) is 0 Å². The van der Waals surface area contributed by atoms with Crippen molar-refractivity contribution in [3.05, 3.63) is 59.7 Å².